The van der Waals surface area contributed by atoms with Gasteiger partial charge >= 0.3 is 6.09 Å². The van der Waals surface area contributed by atoms with Gasteiger partial charge in [0.25, 0.3) is 0 Å². The Kier molecular flexibility index (Phi) is 8.42. The van der Waals surface area contributed by atoms with Crippen LogP contribution in [0.4, 0.5) is 4.79 Å². The van der Waals surface area contributed by atoms with Gasteiger partial charge in [-0.15, -0.1) is 0 Å². The van der Waals surface area contributed by atoms with Crippen LogP contribution in [0.15, 0.2) is 127 Å². The van der Waals surface area contributed by atoms with E-state index in [1.165, 1.54) is 0 Å². The minimum absolute atomic E-state index is 0.114. The summed E-state index contributed by atoms with van der Waals surface area (Å²) in [4.78, 5) is 50.9. The highest BCUT2D eigenvalue weighted by Crippen LogP contribution is 2.44. The number of imidazole rings is 1. The van der Waals surface area contributed by atoms with Crippen molar-refractivity contribution in [2.24, 2.45) is 0 Å². The normalized spacial score (nSPS) is 15.8. The Morgan fingerprint density at radius 1 is 0.780 bits per heavy atom. The molecule has 1 aliphatic heterocycles. The number of Topliss-reactive ketones (excluding diaryl/α,β-unsaturated/α-hetero) is 1. The summed E-state index contributed by atoms with van der Waals surface area (Å²) in [5.74, 6) is -0.442. The number of rotatable bonds is 9. The maximum Gasteiger partial charge on any atom is 0.407 e. The molecule has 1 aromatic heterocycles. The number of carbonyl (C=O) groups is 3. The van der Waals surface area contributed by atoms with Crippen molar-refractivity contribution < 1.29 is 19.1 Å². The first kappa shape index (κ1) is 31.3. The molecule has 0 unspecified atom stereocenters. The number of H-pyrrole nitrogens is 1. The summed E-state index contributed by atoms with van der Waals surface area (Å²) in [6.07, 6.45) is 0.752. The van der Waals surface area contributed by atoms with Crippen LogP contribution < -0.4 is 5.32 Å². The van der Waals surface area contributed by atoms with Crippen molar-refractivity contribution in [3.63, 3.8) is 0 Å². The van der Waals surface area contributed by atoms with Crippen LogP contribution in [-0.4, -0.2) is 57.9 Å². The van der Waals surface area contributed by atoms with E-state index in [9.17, 15) is 14.4 Å². The standard InChI is InChI=1S/C42H36N4O4/c47-39(40-43-35-17-8-9-18-36(35)44-40)38-19-10-24-46(38)41(48)37(25-27-20-22-29(23-21-27)28-11-2-1-3-12-28)45-42(49)50-26-34-32-15-6-4-13-30(32)31-14-5-7-16-33(31)34/h1-9,11-18,20-23,34,37-38H,10,19,24-26H2,(H,43,44)(H,45,49)/t37-,38-/m0/s1. The van der Waals surface area contributed by atoms with Crippen LogP contribution in [0.25, 0.3) is 33.3 Å². The van der Waals surface area contributed by atoms with Gasteiger partial charge in [0.1, 0.15) is 12.6 Å². The van der Waals surface area contributed by atoms with Gasteiger partial charge < -0.3 is 19.9 Å². The van der Waals surface area contributed by atoms with Crippen LogP contribution in [0.1, 0.15) is 46.1 Å². The second-order valence-electron chi connectivity index (χ2n) is 12.9. The predicted molar refractivity (Wildman–Crippen MR) is 193 cm³/mol. The summed E-state index contributed by atoms with van der Waals surface area (Å²) >= 11 is 0. The molecule has 248 valence electrons. The first-order chi connectivity index (χ1) is 24.5. The van der Waals surface area contributed by atoms with Gasteiger partial charge in [0, 0.05) is 18.9 Å². The van der Waals surface area contributed by atoms with Gasteiger partial charge in [0.2, 0.25) is 11.7 Å². The van der Waals surface area contributed by atoms with Crippen LogP contribution >= 0.6 is 0 Å². The molecule has 1 saturated heterocycles. The Morgan fingerprint density at radius 3 is 2.14 bits per heavy atom. The van der Waals surface area contributed by atoms with E-state index >= 15 is 0 Å². The molecule has 1 aliphatic carbocycles. The third-order valence-electron chi connectivity index (χ3n) is 9.90. The number of hydrogen-bond donors (Lipinski definition) is 2. The number of aromatic amines is 1. The van der Waals surface area contributed by atoms with E-state index in [0.717, 1.165) is 44.5 Å². The monoisotopic (exact) mass is 660 g/mol. The fraction of sp³-hybridized carbons (Fsp3) is 0.190. The van der Waals surface area contributed by atoms with Gasteiger partial charge in [-0.1, -0.05) is 115 Å². The van der Waals surface area contributed by atoms with Crippen LogP contribution in [0, 0.1) is 0 Å². The van der Waals surface area contributed by atoms with Crippen molar-refractivity contribution in [1.82, 2.24) is 20.2 Å². The number of ketones is 1. The van der Waals surface area contributed by atoms with E-state index in [4.69, 9.17) is 4.74 Å². The van der Waals surface area contributed by atoms with Gasteiger partial charge in [-0.25, -0.2) is 9.78 Å². The predicted octanol–water partition coefficient (Wildman–Crippen LogP) is 7.55. The first-order valence-corrected chi connectivity index (χ1v) is 17.1. The highest BCUT2D eigenvalue weighted by atomic mass is 16.5. The molecule has 2 amide bonds. The van der Waals surface area contributed by atoms with Crippen LogP contribution in [0.2, 0.25) is 0 Å². The summed E-state index contributed by atoms with van der Waals surface area (Å²) in [7, 11) is 0. The second-order valence-corrected chi connectivity index (χ2v) is 12.9. The highest BCUT2D eigenvalue weighted by molar-refractivity contribution is 6.02. The fourth-order valence-corrected chi connectivity index (χ4v) is 7.41. The number of nitrogens with zero attached hydrogens (tertiary/aromatic N) is 2. The maximum atomic E-state index is 14.4. The van der Waals surface area contributed by atoms with Gasteiger partial charge in [0.05, 0.1) is 17.1 Å². The lowest BCUT2D eigenvalue weighted by Crippen LogP contribution is -2.52. The average molecular weight is 661 g/mol. The average Bonchev–Trinajstić information content (AvgIpc) is 3.90. The Labute approximate surface area is 290 Å². The van der Waals surface area contributed by atoms with E-state index in [-0.39, 0.29) is 36.5 Å². The van der Waals surface area contributed by atoms with Gasteiger partial charge in [-0.2, -0.15) is 0 Å². The lowest BCUT2D eigenvalue weighted by molar-refractivity contribution is -0.133. The number of likely N-dealkylation sites (tertiary alicyclic amines) is 1. The van der Waals surface area contributed by atoms with E-state index < -0.39 is 18.2 Å². The number of hydrogen-bond acceptors (Lipinski definition) is 5. The smallest absolute Gasteiger partial charge is 0.407 e. The third kappa shape index (κ3) is 6.05. The van der Waals surface area contributed by atoms with Gasteiger partial charge in [-0.05, 0) is 63.9 Å². The third-order valence-corrected chi connectivity index (χ3v) is 9.90. The van der Waals surface area contributed by atoms with Crippen LogP contribution in [0.5, 0.6) is 0 Å². The SMILES string of the molecule is O=C(N[C@@H](Cc1ccc(-c2ccccc2)cc1)C(=O)N1CCC[C@H]1C(=O)c1nc2ccccc2[nH]1)OCC1c2ccccc2-c2ccccc21. The summed E-state index contributed by atoms with van der Waals surface area (Å²) in [5.41, 5.74) is 8.97. The van der Waals surface area contributed by atoms with Crippen molar-refractivity contribution in [2.45, 2.75) is 37.3 Å². The molecule has 2 N–H and O–H groups in total. The topological polar surface area (TPSA) is 104 Å². The molecule has 8 nitrogen and oxygen atoms in total. The molecule has 2 atom stereocenters. The minimum Gasteiger partial charge on any atom is -0.449 e. The Hall–Kier alpha value is -6.02. The van der Waals surface area contributed by atoms with Crippen molar-refractivity contribution >= 4 is 28.8 Å². The number of fused-ring (bicyclic) bond motifs is 4. The molecule has 50 heavy (non-hydrogen) atoms. The molecule has 5 aromatic carbocycles. The summed E-state index contributed by atoms with van der Waals surface area (Å²) in [5, 5.41) is 2.89. The molecule has 1 fully saturated rings. The van der Waals surface area contributed by atoms with Gasteiger partial charge in [0.15, 0.2) is 5.82 Å². The Morgan fingerprint density at radius 2 is 1.42 bits per heavy atom. The van der Waals surface area contributed by atoms with Crippen LogP contribution in [-0.2, 0) is 16.0 Å². The van der Waals surface area contributed by atoms with E-state index in [2.05, 4.69) is 39.6 Å². The lowest BCUT2D eigenvalue weighted by Gasteiger charge is -2.28. The van der Waals surface area contributed by atoms with E-state index in [1.54, 1.807) is 4.90 Å². The first-order valence-electron chi connectivity index (χ1n) is 17.1. The highest BCUT2D eigenvalue weighted by Gasteiger charge is 2.39. The summed E-state index contributed by atoms with van der Waals surface area (Å²) in [6.45, 7) is 0.536. The molecule has 2 aliphatic rings. The molecule has 0 spiro atoms. The molecule has 0 radical (unpaired) electrons. The number of nitrogens with one attached hydrogen (secondary N) is 2. The molecule has 6 aromatic rings. The fourth-order valence-electron chi connectivity index (χ4n) is 7.41. The van der Waals surface area contributed by atoms with Crippen LogP contribution in [0.3, 0.4) is 0 Å². The zero-order valence-electron chi connectivity index (χ0n) is 27.4. The zero-order valence-corrected chi connectivity index (χ0v) is 27.4. The van der Waals surface area contributed by atoms with Crippen molar-refractivity contribution in [1.29, 1.82) is 0 Å². The maximum absolute atomic E-state index is 14.4. The second kappa shape index (κ2) is 13.5. The summed E-state index contributed by atoms with van der Waals surface area (Å²) < 4.78 is 5.87. The number of ether oxygens (including phenoxy) is 1. The van der Waals surface area contributed by atoms with Gasteiger partial charge in [-0.3, -0.25) is 9.59 Å². The van der Waals surface area contributed by atoms with Crippen molar-refractivity contribution in [3.8, 4) is 22.3 Å². The minimum atomic E-state index is -0.947. The molecule has 2 heterocycles. The number of carbonyl (C=O) groups excluding carboxylic acids is 3. The molecule has 0 saturated carbocycles. The molecule has 8 rings (SSSR count). The lowest BCUT2D eigenvalue weighted by atomic mass is 9.98. The van der Waals surface area contributed by atoms with E-state index in [0.29, 0.717) is 24.9 Å². The number of alkyl carbamates (subject to hydrolysis) is 1. The quantitative estimate of drug-likeness (QED) is 0.156. The molecule has 0 bridgehead atoms. The number of para-hydroxylation sites is 2. The number of aromatic nitrogens is 2. The number of benzene rings is 5. The largest absolute Gasteiger partial charge is 0.449 e. The van der Waals surface area contributed by atoms with Crippen molar-refractivity contribution in [2.75, 3.05) is 13.2 Å². The molecule has 8 heteroatoms. The zero-order chi connectivity index (χ0) is 34.0. The van der Waals surface area contributed by atoms with Crippen molar-refractivity contribution in [3.05, 3.63) is 150 Å². The Bertz CT molecular complexity index is 2110. The number of amides is 2. The molecular formula is C42H36N4O4. The Balaban J connectivity index is 1.03. The van der Waals surface area contributed by atoms with E-state index in [1.807, 2.05) is 103 Å². The summed E-state index contributed by atoms with van der Waals surface area (Å²) in [6, 6.07) is 40.2. The molecular weight excluding hydrogens is 624 g/mol.